The molecule has 0 aromatic carbocycles. The van der Waals surface area contributed by atoms with Crippen LogP contribution in [0.1, 0.15) is 200 Å². The first-order chi connectivity index (χ1) is 18.8. The van der Waals surface area contributed by atoms with Crippen LogP contribution in [0.5, 0.6) is 0 Å². The van der Waals surface area contributed by atoms with Gasteiger partial charge < -0.3 is 21.4 Å². The van der Waals surface area contributed by atoms with Crippen molar-refractivity contribution in [3.05, 3.63) is 11.8 Å². The topological polar surface area (TPSA) is 64.3 Å². The molecule has 0 saturated heterocycles. The van der Waals surface area contributed by atoms with Crippen molar-refractivity contribution in [1.82, 2.24) is 0 Å². The van der Waals surface area contributed by atoms with Gasteiger partial charge in [0.1, 0.15) is 0 Å². The average molecular weight is 736 g/mol. The minimum atomic E-state index is -2.35. The Balaban J connectivity index is -0.000000271. The maximum absolute atomic E-state index is 11.2. The van der Waals surface area contributed by atoms with Crippen LogP contribution in [0.25, 0.3) is 5.40 Å². The fourth-order valence-corrected chi connectivity index (χ4v) is 30.4. The van der Waals surface area contributed by atoms with E-state index in [0.29, 0.717) is 0 Å². The Labute approximate surface area is 311 Å². The van der Waals surface area contributed by atoms with Crippen LogP contribution in [0.2, 0.25) is 45.3 Å². The second kappa shape index (κ2) is 16.3. The summed E-state index contributed by atoms with van der Waals surface area (Å²) in [5.74, 6) is 0. The largest absolute Gasteiger partial charge is 2.00 e. The van der Waals surface area contributed by atoms with E-state index in [1.807, 2.05) is 0 Å². The molecule has 3 N–H and O–H groups in total. The zero-order valence-corrected chi connectivity index (χ0v) is 41.4. The van der Waals surface area contributed by atoms with Gasteiger partial charge >= 0.3 is 21.7 Å². The summed E-state index contributed by atoms with van der Waals surface area (Å²) in [5, 5.41) is 9.50. The summed E-state index contributed by atoms with van der Waals surface area (Å²) in [4.78, 5) is 22.3. The fourth-order valence-electron chi connectivity index (χ4n) is 10.1. The van der Waals surface area contributed by atoms with Gasteiger partial charge in [-0.1, -0.05) is 202 Å². The van der Waals surface area contributed by atoms with E-state index < -0.39 is 24.9 Å². The van der Waals surface area contributed by atoms with Gasteiger partial charge in [-0.3, -0.25) is 0 Å². The van der Waals surface area contributed by atoms with Crippen molar-refractivity contribution >= 4 is 24.9 Å². The maximum atomic E-state index is 11.2. The molecule has 0 bridgehead atoms. The molecule has 278 valence electrons. The van der Waals surface area contributed by atoms with Gasteiger partial charge in [-0.25, -0.2) is 12.8 Å². The van der Waals surface area contributed by atoms with Crippen molar-refractivity contribution in [2.75, 3.05) is 0 Å². The summed E-state index contributed by atoms with van der Waals surface area (Å²) in [6.07, 6.45) is 5.00. The number of hydrogen-bond acceptors (Lipinski definition) is 2. The predicted octanol–water partition coefficient (Wildman–Crippen LogP) is 15.0. The summed E-state index contributed by atoms with van der Waals surface area (Å²) >= 11 is 0. The number of rotatable bonds is 0. The van der Waals surface area contributed by atoms with E-state index >= 15 is 0 Å². The van der Waals surface area contributed by atoms with Crippen molar-refractivity contribution in [1.29, 1.82) is 0 Å². The van der Waals surface area contributed by atoms with E-state index in [1.54, 1.807) is 0 Å². The molecule has 1 rings (SSSR count). The van der Waals surface area contributed by atoms with Crippen LogP contribution in [-0.2, 0) is 21.7 Å². The smallest absolute Gasteiger partial charge is 0.678 e. The standard InChI is InChI=1S/C12H28NSi.2C12H28OSi.C3H5.Ti/c3*1-10(2,3)14(13,11(4,5)6)12(7,8)9;1-2-3-1;/h3*13H,1-9H3;1H,2-3H2;/q-1;;;-1;+2. The van der Waals surface area contributed by atoms with Crippen LogP contribution >= 0.6 is 0 Å². The Morgan fingerprint density at radius 1 is 0.348 bits per heavy atom. The minimum Gasteiger partial charge on any atom is -0.678 e. The third-order valence-electron chi connectivity index (χ3n) is 10.2. The van der Waals surface area contributed by atoms with Crippen LogP contribution in [-0.4, -0.2) is 34.5 Å². The van der Waals surface area contributed by atoms with Crippen LogP contribution in [0.4, 0.5) is 0 Å². The van der Waals surface area contributed by atoms with E-state index in [9.17, 15) is 9.59 Å². The molecule has 0 aromatic rings. The molecule has 0 unspecified atom stereocenters. The van der Waals surface area contributed by atoms with E-state index in [0.717, 1.165) is 0 Å². The summed E-state index contributed by atoms with van der Waals surface area (Å²) in [5.41, 5.74) is 0. The number of nitrogens with one attached hydrogen (secondary N) is 1. The normalized spacial score (nSPS) is 16.0. The summed E-state index contributed by atoms with van der Waals surface area (Å²) < 4.78 is 0. The van der Waals surface area contributed by atoms with E-state index in [4.69, 9.17) is 5.40 Å². The van der Waals surface area contributed by atoms with E-state index in [1.165, 1.54) is 12.8 Å². The van der Waals surface area contributed by atoms with Gasteiger partial charge in [0.05, 0.1) is 0 Å². The van der Waals surface area contributed by atoms with Crippen molar-refractivity contribution in [3.8, 4) is 0 Å². The van der Waals surface area contributed by atoms with Gasteiger partial charge in [-0.2, -0.15) is 0 Å². The van der Waals surface area contributed by atoms with Crippen molar-refractivity contribution in [3.63, 3.8) is 0 Å². The summed E-state index contributed by atoms with van der Waals surface area (Å²) in [6, 6.07) is 0. The van der Waals surface area contributed by atoms with Crippen LogP contribution in [0.15, 0.2) is 0 Å². The van der Waals surface area contributed by atoms with Crippen molar-refractivity contribution < 1.29 is 31.3 Å². The second-order valence-electron chi connectivity index (χ2n) is 23.3. The van der Waals surface area contributed by atoms with Crippen LogP contribution in [0, 0.1) is 6.42 Å². The Hall–Kier alpha value is 1.24. The average Bonchev–Trinajstić information content (AvgIpc) is 3.54. The van der Waals surface area contributed by atoms with E-state index in [2.05, 4.69) is 193 Å². The number of hydrogen-bond donors (Lipinski definition) is 2. The molecule has 0 atom stereocenters. The molecule has 0 aromatic heterocycles. The van der Waals surface area contributed by atoms with E-state index in [-0.39, 0.29) is 67.1 Å². The molecule has 1 saturated carbocycles. The SMILES string of the molecule is CC(C)(C)[Si](O)(C(C)(C)C)C(C)(C)C.CC(C)(C)[Si](O)(C(C)(C)C)C(C)(C)C.CC(C)(C)[Si]([NH-])(C(C)(C)C)C(C)(C)C.[CH-]1CC1.[Ti+2]. The molecule has 1 fully saturated rings. The van der Waals surface area contributed by atoms with Gasteiger partial charge in [0, 0.05) is 0 Å². The fraction of sp³-hybridized carbons (Fsp3) is 0.974. The Morgan fingerprint density at radius 2 is 0.457 bits per heavy atom. The first-order valence-electron chi connectivity index (χ1n) is 17.8. The molecule has 1 aliphatic carbocycles. The van der Waals surface area contributed by atoms with Gasteiger partial charge in [0.2, 0.25) is 16.6 Å². The molecule has 0 radical (unpaired) electrons. The Morgan fingerprint density at radius 3 is 0.457 bits per heavy atom. The van der Waals surface area contributed by atoms with Gasteiger partial charge in [0.15, 0.2) is 0 Å². The molecule has 7 heteroatoms. The predicted molar refractivity (Wildman–Crippen MR) is 217 cm³/mol. The quantitative estimate of drug-likeness (QED) is 0.192. The molecule has 46 heavy (non-hydrogen) atoms. The van der Waals surface area contributed by atoms with Gasteiger partial charge in [-0.05, 0) is 38.5 Å². The molecule has 0 heterocycles. The molecular formula is C39H89NO2Si3Ti. The third kappa shape index (κ3) is 12.8. The van der Waals surface area contributed by atoms with Crippen LogP contribution < -0.4 is 0 Å². The molecule has 0 amide bonds. The van der Waals surface area contributed by atoms with Crippen molar-refractivity contribution in [2.45, 2.75) is 245 Å². The third-order valence-corrected chi connectivity index (χ3v) is 30.0. The molecule has 3 nitrogen and oxygen atoms in total. The maximum Gasteiger partial charge on any atom is 2.00 e. The zero-order chi connectivity index (χ0) is 38.1. The Bertz CT molecular complexity index is 657. The minimum absolute atomic E-state index is 0. The van der Waals surface area contributed by atoms with Crippen molar-refractivity contribution in [2.24, 2.45) is 0 Å². The molecule has 0 aliphatic heterocycles. The summed E-state index contributed by atoms with van der Waals surface area (Å²) in [6.45, 7) is 59.3. The zero-order valence-electron chi connectivity index (χ0n) is 36.9. The van der Waals surface area contributed by atoms with Gasteiger partial charge in [-0.15, -0.1) is 0 Å². The molecule has 0 spiro atoms. The molecule has 1 aliphatic rings. The Kier molecular flexibility index (Phi) is 19.1. The van der Waals surface area contributed by atoms with Crippen LogP contribution in [0.3, 0.4) is 0 Å². The monoisotopic (exact) mass is 736 g/mol. The van der Waals surface area contributed by atoms with Gasteiger partial charge in [0.25, 0.3) is 0 Å². The molecular weight excluding hydrogens is 647 g/mol. The second-order valence-corrected chi connectivity index (χ2v) is 41.1. The first-order valence-corrected chi connectivity index (χ1v) is 23.7. The summed E-state index contributed by atoms with van der Waals surface area (Å²) in [7, 11) is -6.81. The first kappa shape index (κ1) is 54.0.